The van der Waals surface area contributed by atoms with E-state index in [-0.39, 0.29) is 17.8 Å². The smallest absolute Gasteiger partial charge is 0.239 e. The predicted octanol–water partition coefficient (Wildman–Crippen LogP) is 2.53. The second-order valence-electron chi connectivity index (χ2n) is 5.91. The van der Waals surface area contributed by atoms with Crippen LogP contribution in [0.3, 0.4) is 0 Å². The summed E-state index contributed by atoms with van der Waals surface area (Å²) < 4.78 is 12.8. The molecule has 21 heavy (non-hydrogen) atoms. The summed E-state index contributed by atoms with van der Waals surface area (Å²) in [5.74, 6) is 0.0441. The van der Waals surface area contributed by atoms with Gasteiger partial charge in [0.25, 0.3) is 0 Å². The quantitative estimate of drug-likeness (QED) is 0.853. The number of rotatable bonds is 3. The summed E-state index contributed by atoms with van der Waals surface area (Å²) in [4.78, 5) is 16.6. The van der Waals surface area contributed by atoms with Gasteiger partial charge in [-0.15, -0.1) is 0 Å². The van der Waals surface area contributed by atoms with Crippen molar-refractivity contribution in [2.45, 2.75) is 31.8 Å². The van der Waals surface area contributed by atoms with Gasteiger partial charge in [-0.05, 0) is 37.5 Å². The van der Waals surface area contributed by atoms with Crippen LogP contribution in [0.4, 0.5) is 4.39 Å². The summed E-state index contributed by atoms with van der Waals surface area (Å²) >= 11 is 0. The summed E-state index contributed by atoms with van der Waals surface area (Å²) in [6.45, 7) is 4.63. The molecule has 2 heterocycles. The van der Waals surface area contributed by atoms with Gasteiger partial charge in [0.15, 0.2) is 0 Å². The lowest BCUT2D eigenvalue weighted by molar-refractivity contribution is -0.142. The summed E-state index contributed by atoms with van der Waals surface area (Å²) in [6.07, 6.45) is 6.29. The fraction of sp³-hybridized carbons (Fsp3) is 0.471. The topological polar surface area (TPSA) is 23.6 Å². The molecular weight excluding hydrogens is 267 g/mol. The maximum absolute atomic E-state index is 12.8. The maximum Gasteiger partial charge on any atom is 0.239 e. The lowest BCUT2D eigenvalue weighted by Crippen LogP contribution is -2.58. The highest BCUT2D eigenvalue weighted by molar-refractivity contribution is 5.83. The summed E-state index contributed by atoms with van der Waals surface area (Å²) in [5, 5.41) is 0. The Balaban J connectivity index is 1.62. The third-order valence-corrected chi connectivity index (χ3v) is 4.53. The molecule has 0 radical (unpaired) electrons. The van der Waals surface area contributed by atoms with Crippen molar-refractivity contribution in [2.75, 3.05) is 19.6 Å². The Hall–Kier alpha value is -1.68. The molecule has 112 valence electrons. The van der Waals surface area contributed by atoms with Gasteiger partial charge >= 0.3 is 0 Å². The van der Waals surface area contributed by atoms with Crippen molar-refractivity contribution in [1.29, 1.82) is 0 Å². The Kier molecular flexibility index (Phi) is 4.06. The summed E-state index contributed by atoms with van der Waals surface area (Å²) in [6, 6.07) is 6.79. The van der Waals surface area contributed by atoms with E-state index in [9.17, 15) is 9.18 Å². The van der Waals surface area contributed by atoms with Crippen molar-refractivity contribution >= 4 is 12.0 Å². The van der Waals surface area contributed by atoms with Gasteiger partial charge in [-0.3, -0.25) is 9.69 Å². The Bertz CT molecular complexity index is 540. The third-order valence-electron chi connectivity index (χ3n) is 4.53. The second-order valence-corrected chi connectivity index (χ2v) is 5.91. The molecule has 0 spiro atoms. The molecule has 0 aliphatic carbocycles. The van der Waals surface area contributed by atoms with Crippen molar-refractivity contribution in [2.24, 2.45) is 0 Å². The highest BCUT2D eigenvalue weighted by Gasteiger charge is 2.39. The van der Waals surface area contributed by atoms with E-state index in [2.05, 4.69) is 11.0 Å². The molecule has 2 aliphatic heterocycles. The van der Waals surface area contributed by atoms with E-state index < -0.39 is 0 Å². The Morgan fingerprint density at radius 2 is 2.10 bits per heavy atom. The molecule has 0 saturated carbocycles. The van der Waals surface area contributed by atoms with Gasteiger partial charge in [0.1, 0.15) is 5.82 Å². The monoisotopic (exact) mass is 288 g/mol. The van der Waals surface area contributed by atoms with Crippen LogP contribution in [0.2, 0.25) is 0 Å². The van der Waals surface area contributed by atoms with E-state index in [0.29, 0.717) is 6.04 Å². The van der Waals surface area contributed by atoms with Gasteiger partial charge in [0.05, 0.1) is 6.04 Å². The number of carbonyl (C=O) groups is 1. The van der Waals surface area contributed by atoms with E-state index in [0.717, 1.165) is 38.0 Å². The average Bonchev–Trinajstić information content (AvgIpc) is 2.95. The minimum Gasteiger partial charge on any atom is -0.337 e. The zero-order valence-corrected chi connectivity index (χ0v) is 12.3. The first-order valence-corrected chi connectivity index (χ1v) is 7.62. The van der Waals surface area contributed by atoms with Crippen LogP contribution in [0.5, 0.6) is 0 Å². The molecule has 1 aromatic rings. The number of halogens is 1. The van der Waals surface area contributed by atoms with Crippen LogP contribution in [0.15, 0.2) is 30.3 Å². The molecule has 0 aromatic heterocycles. The van der Waals surface area contributed by atoms with E-state index >= 15 is 0 Å². The lowest BCUT2D eigenvalue weighted by Gasteiger charge is -2.41. The summed E-state index contributed by atoms with van der Waals surface area (Å²) in [7, 11) is 0. The molecule has 2 fully saturated rings. The van der Waals surface area contributed by atoms with Crippen LogP contribution in [0.25, 0.3) is 6.08 Å². The molecule has 2 atom stereocenters. The zero-order valence-electron chi connectivity index (χ0n) is 12.3. The van der Waals surface area contributed by atoms with E-state index in [1.807, 2.05) is 17.9 Å². The van der Waals surface area contributed by atoms with Crippen LogP contribution in [-0.2, 0) is 4.79 Å². The SMILES string of the molecule is C[C@@H]1C(=O)N2CCC[C@@H]2CN1C/C=C/c1ccc(F)cc1. The van der Waals surface area contributed by atoms with Gasteiger partial charge in [-0.25, -0.2) is 4.39 Å². The van der Waals surface area contributed by atoms with E-state index in [1.54, 1.807) is 12.1 Å². The normalized spacial score (nSPS) is 26.6. The highest BCUT2D eigenvalue weighted by atomic mass is 19.1. The summed E-state index contributed by atoms with van der Waals surface area (Å²) in [5.41, 5.74) is 0.981. The first-order valence-electron chi connectivity index (χ1n) is 7.62. The third kappa shape index (κ3) is 3.00. The standard InChI is InChI=1S/C17H21FN2O/c1-13-17(21)20-11-3-5-16(20)12-19(13)10-2-4-14-6-8-15(18)9-7-14/h2,4,6-9,13,16H,3,5,10-12H2,1H3/b4-2+/t13-,16-/m1/s1. The van der Waals surface area contributed by atoms with Gasteiger partial charge in [-0.1, -0.05) is 24.3 Å². The highest BCUT2D eigenvalue weighted by Crippen LogP contribution is 2.25. The van der Waals surface area contributed by atoms with Gasteiger partial charge in [0, 0.05) is 25.7 Å². The van der Waals surface area contributed by atoms with Crippen LogP contribution >= 0.6 is 0 Å². The van der Waals surface area contributed by atoms with Crippen molar-refractivity contribution in [3.63, 3.8) is 0 Å². The molecule has 1 aromatic carbocycles. The van der Waals surface area contributed by atoms with Gasteiger partial charge in [0.2, 0.25) is 5.91 Å². The zero-order chi connectivity index (χ0) is 14.8. The molecule has 0 unspecified atom stereocenters. The fourth-order valence-corrected chi connectivity index (χ4v) is 3.27. The molecular formula is C17H21FN2O. The van der Waals surface area contributed by atoms with E-state index in [4.69, 9.17) is 0 Å². The van der Waals surface area contributed by atoms with Crippen LogP contribution in [0, 0.1) is 5.82 Å². The number of piperazine rings is 1. The van der Waals surface area contributed by atoms with Gasteiger partial charge < -0.3 is 4.90 Å². The van der Waals surface area contributed by atoms with Crippen molar-refractivity contribution < 1.29 is 9.18 Å². The van der Waals surface area contributed by atoms with Crippen molar-refractivity contribution in [1.82, 2.24) is 9.80 Å². The fourth-order valence-electron chi connectivity index (χ4n) is 3.27. The predicted molar refractivity (Wildman–Crippen MR) is 81.2 cm³/mol. The maximum atomic E-state index is 12.8. The lowest BCUT2D eigenvalue weighted by atomic mass is 10.1. The minimum atomic E-state index is -0.219. The Labute approximate surface area is 125 Å². The molecule has 0 bridgehead atoms. The largest absolute Gasteiger partial charge is 0.337 e. The molecule has 2 aliphatic rings. The van der Waals surface area contributed by atoms with Crippen LogP contribution in [-0.4, -0.2) is 47.4 Å². The van der Waals surface area contributed by atoms with Crippen molar-refractivity contribution in [3.8, 4) is 0 Å². The number of fused-ring (bicyclic) bond motifs is 1. The number of amides is 1. The Morgan fingerprint density at radius 3 is 2.86 bits per heavy atom. The molecule has 4 heteroatoms. The second kappa shape index (κ2) is 5.98. The number of hydrogen-bond acceptors (Lipinski definition) is 2. The minimum absolute atomic E-state index is 0.0442. The van der Waals surface area contributed by atoms with E-state index in [1.165, 1.54) is 12.1 Å². The average molecular weight is 288 g/mol. The Morgan fingerprint density at radius 1 is 1.33 bits per heavy atom. The first-order chi connectivity index (χ1) is 10.1. The number of carbonyl (C=O) groups excluding carboxylic acids is 1. The molecule has 3 rings (SSSR count). The van der Waals surface area contributed by atoms with Crippen LogP contribution < -0.4 is 0 Å². The molecule has 0 N–H and O–H groups in total. The molecule has 1 amide bonds. The number of benzene rings is 1. The first kappa shape index (κ1) is 14.3. The van der Waals surface area contributed by atoms with Gasteiger partial charge in [-0.2, -0.15) is 0 Å². The van der Waals surface area contributed by atoms with Crippen molar-refractivity contribution in [3.05, 3.63) is 41.7 Å². The number of hydrogen-bond donors (Lipinski definition) is 0. The van der Waals surface area contributed by atoms with Crippen LogP contribution in [0.1, 0.15) is 25.3 Å². The molecule has 2 saturated heterocycles. The molecule has 3 nitrogen and oxygen atoms in total. The number of nitrogens with zero attached hydrogens (tertiary/aromatic N) is 2.